The summed E-state index contributed by atoms with van der Waals surface area (Å²) in [7, 11) is 0. The van der Waals surface area contributed by atoms with E-state index >= 15 is 0 Å². The number of nitrogens with zero attached hydrogens (tertiary/aromatic N) is 4. The van der Waals surface area contributed by atoms with E-state index in [0.717, 1.165) is 26.2 Å². The molecule has 3 rings (SSSR count). The van der Waals surface area contributed by atoms with Gasteiger partial charge in [0.05, 0.1) is 11.4 Å². The van der Waals surface area contributed by atoms with Crippen molar-refractivity contribution in [1.82, 2.24) is 19.8 Å². The highest BCUT2D eigenvalue weighted by molar-refractivity contribution is 5.04. The summed E-state index contributed by atoms with van der Waals surface area (Å²) in [6, 6.07) is 12.4. The summed E-state index contributed by atoms with van der Waals surface area (Å²) in [4.78, 5) is 14.0. The summed E-state index contributed by atoms with van der Waals surface area (Å²) in [6.07, 6.45) is 7.64. The largest absolute Gasteiger partial charge is 0.296 e. The Bertz CT molecular complexity index is 507. The molecule has 4 nitrogen and oxygen atoms in total. The van der Waals surface area contributed by atoms with Gasteiger partial charge in [0.1, 0.15) is 0 Å². The zero-order valence-electron chi connectivity index (χ0n) is 13.8. The van der Waals surface area contributed by atoms with Crippen LogP contribution in [0.5, 0.6) is 0 Å². The van der Waals surface area contributed by atoms with Crippen molar-refractivity contribution in [2.45, 2.75) is 32.4 Å². The quantitative estimate of drug-likeness (QED) is 0.869. The molecule has 0 aliphatic carbocycles. The molecule has 0 amide bonds. The average Bonchev–Trinajstić information content (AvgIpc) is 2.70. The van der Waals surface area contributed by atoms with Gasteiger partial charge in [-0.3, -0.25) is 19.8 Å². The maximum Gasteiger partial charge on any atom is 0.0543 e. The maximum absolute atomic E-state index is 4.47. The van der Waals surface area contributed by atoms with Crippen molar-refractivity contribution in [2.75, 3.05) is 26.2 Å². The first kappa shape index (κ1) is 16.1. The molecule has 0 aromatic carbocycles. The Morgan fingerprint density at radius 2 is 1.17 bits per heavy atom. The van der Waals surface area contributed by atoms with Crippen LogP contribution in [0.25, 0.3) is 0 Å². The maximum atomic E-state index is 4.47. The Balaban J connectivity index is 1.57. The van der Waals surface area contributed by atoms with Gasteiger partial charge in [0.25, 0.3) is 0 Å². The van der Waals surface area contributed by atoms with Gasteiger partial charge in [-0.25, -0.2) is 0 Å². The molecule has 0 bridgehead atoms. The number of hydrogen-bond donors (Lipinski definition) is 0. The summed E-state index contributed by atoms with van der Waals surface area (Å²) < 4.78 is 0. The molecule has 0 spiro atoms. The average molecular weight is 310 g/mol. The van der Waals surface area contributed by atoms with Gasteiger partial charge < -0.3 is 0 Å². The molecule has 1 aliphatic rings. The molecule has 1 aliphatic heterocycles. The van der Waals surface area contributed by atoms with E-state index in [9.17, 15) is 0 Å². The topological polar surface area (TPSA) is 32.3 Å². The van der Waals surface area contributed by atoms with Crippen LogP contribution in [0, 0.1) is 0 Å². The fourth-order valence-corrected chi connectivity index (χ4v) is 3.11. The Labute approximate surface area is 139 Å². The van der Waals surface area contributed by atoms with E-state index in [1.807, 2.05) is 24.5 Å². The molecule has 23 heavy (non-hydrogen) atoms. The van der Waals surface area contributed by atoms with Crippen LogP contribution in [0.1, 0.15) is 30.7 Å². The predicted octanol–water partition coefficient (Wildman–Crippen LogP) is 2.96. The fraction of sp³-hybridized carbons (Fsp3) is 0.474. The summed E-state index contributed by atoms with van der Waals surface area (Å²) in [5.74, 6) is 0. The Kier molecular flexibility index (Phi) is 6.12. The van der Waals surface area contributed by atoms with Crippen LogP contribution in [0.15, 0.2) is 48.8 Å². The third-order valence-corrected chi connectivity index (χ3v) is 4.40. The molecule has 2 aromatic rings. The number of rotatable bonds is 4. The van der Waals surface area contributed by atoms with Gasteiger partial charge >= 0.3 is 0 Å². The second kappa shape index (κ2) is 8.75. The molecule has 0 atom stereocenters. The normalized spacial score (nSPS) is 18.1. The minimum Gasteiger partial charge on any atom is -0.296 e. The highest BCUT2D eigenvalue weighted by Gasteiger charge is 2.13. The molecule has 0 saturated carbocycles. The highest BCUT2D eigenvalue weighted by atomic mass is 15.2. The van der Waals surface area contributed by atoms with Crippen molar-refractivity contribution in [3.8, 4) is 0 Å². The minimum atomic E-state index is 0.957. The summed E-state index contributed by atoms with van der Waals surface area (Å²) >= 11 is 0. The first-order chi connectivity index (χ1) is 11.4. The molecule has 0 radical (unpaired) electrons. The van der Waals surface area contributed by atoms with Crippen molar-refractivity contribution in [2.24, 2.45) is 0 Å². The van der Waals surface area contributed by atoms with Gasteiger partial charge in [0.15, 0.2) is 0 Å². The van der Waals surface area contributed by atoms with E-state index in [1.54, 1.807) is 0 Å². The molecular weight excluding hydrogens is 284 g/mol. The highest BCUT2D eigenvalue weighted by Crippen LogP contribution is 2.10. The number of aromatic nitrogens is 2. The zero-order valence-corrected chi connectivity index (χ0v) is 13.8. The first-order valence-corrected chi connectivity index (χ1v) is 8.65. The van der Waals surface area contributed by atoms with Gasteiger partial charge in [-0.2, -0.15) is 0 Å². The Morgan fingerprint density at radius 1 is 0.652 bits per heavy atom. The van der Waals surface area contributed by atoms with Crippen molar-refractivity contribution >= 4 is 0 Å². The zero-order chi connectivity index (χ0) is 15.7. The molecular formula is C19H26N4. The van der Waals surface area contributed by atoms with Crippen molar-refractivity contribution in [3.05, 3.63) is 60.2 Å². The predicted molar refractivity (Wildman–Crippen MR) is 92.9 cm³/mol. The van der Waals surface area contributed by atoms with Crippen molar-refractivity contribution in [1.29, 1.82) is 0 Å². The van der Waals surface area contributed by atoms with Crippen LogP contribution in [0.3, 0.4) is 0 Å². The first-order valence-electron chi connectivity index (χ1n) is 8.65. The van der Waals surface area contributed by atoms with Crippen LogP contribution in [0.4, 0.5) is 0 Å². The molecule has 4 heteroatoms. The van der Waals surface area contributed by atoms with Gasteiger partial charge in [0, 0.05) is 38.6 Å². The molecule has 1 saturated heterocycles. The molecule has 3 heterocycles. The van der Waals surface area contributed by atoms with Crippen LogP contribution in [-0.2, 0) is 13.1 Å². The molecule has 0 unspecified atom stereocenters. The van der Waals surface area contributed by atoms with Crippen LogP contribution < -0.4 is 0 Å². The molecule has 2 aromatic heterocycles. The minimum absolute atomic E-state index is 0.957. The molecule has 122 valence electrons. The van der Waals surface area contributed by atoms with E-state index in [0.29, 0.717) is 0 Å². The van der Waals surface area contributed by atoms with Crippen LogP contribution in [-0.4, -0.2) is 45.9 Å². The van der Waals surface area contributed by atoms with Gasteiger partial charge in [-0.15, -0.1) is 0 Å². The third-order valence-electron chi connectivity index (χ3n) is 4.40. The van der Waals surface area contributed by atoms with E-state index in [1.165, 1.54) is 43.7 Å². The third kappa shape index (κ3) is 5.41. The van der Waals surface area contributed by atoms with Crippen LogP contribution >= 0.6 is 0 Å². The lowest BCUT2D eigenvalue weighted by Crippen LogP contribution is -2.34. The lowest BCUT2D eigenvalue weighted by atomic mass is 10.2. The van der Waals surface area contributed by atoms with Crippen molar-refractivity contribution in [3.63, 3.8) is 0 Å². The van der Waals surface area contributed by atoms with Crippen LogP contribution in [0.2, 0.25) is 0 Å². The summed E-state index contributed by atoms with van der Waals surface area (Å²) in [5.41, 5.74) is 2.34. The summed E-state index contributed by atoms with van der Waals surface area (Å²) in [6.45, 7) is 6.46. The lowest BCUT2D eigenvalue weighted by molar-refractivity contribution is 0.202. The second-order valence-corrected chi connectivity index (χ2v) is 6.26. The van der Waals surface area contributed by atoms with Gasteiger partial charge in [-0.05, 0) is 50.2 Å². The van der Waals surface area contributed by atoms with Gasteiger partial charge in [0.2, 0.25) is 0 Å². The standard InChI is InChI=1S/C19H26N4/c1-6-12-22(16-18-8-2-4-10-20-18)14-15-23(13-7-1)17-19-9-3-5-11-21-19/h2-5,8-11H,1,6-7,12-17H2. The lowest BCUT2D eigenvalue weighted by Gasteiger charge is -2.25. The monoisotopic (exact) mass is 310 g/mol. The Morgan fingerprint density at radius 3 is 1.61 bits per heavy atom. The van der Waals surface area contributed by atoms with E-state index in [2.05, 4.69) is 44.0 Å². The van der Waals surface area contributed by atoms with Gasteiger partial charge in [-0.1, -0.05) is 18.6 Å². The molecule has 0 N–H and O–H groups in total. The Hall–Kier alpha value is -1.78. The van der Waals surface area contributed by atoms with Crippen molar-refractivity contribution < 1.29 is 0 Å². The van der Waals surface area contributed by atoms with E-state index < -0.39 is 0 Å². The smallest absolute Gasteiger partial charge is 0.0543 e. The SMILES string of the molecule is c1ccc(CN2CCCCCN(Cc3ccccn3)CC2)nc1. The summed E-state index contributed by atoms with van der Waals surface area (Å²) in [5, 5.41) is 0. The number of hydrogen-bond acceptors (Lipinski definition) is 4. The van der Waals surface area contributed by atoms with E-state index in [-0.39, 0.29) is 0 Å². The molecule has 1 fully saturated rings. The number of pyridine rings is 2. The second-order valence-electron chi connectivity index (χ2n) is 6.26. The fourth-order valence-electron chi connectivity index (χ4n) is 3.11. The van der Waals surface area contributed by atoms with E-state index in [4.69, 9.17) is 0 Å².